The first kappa shape index (κ1) is 18.2. The minimum absolute atomic E-state index is 0.156. The van der Waals surface area contributed by atoms with Crippen molar-refractivity contribution in [1.29, 1.82) is 0 Å². The number of anilines is 1. The number of ether oxygens (including phenoxy) is 1. The van der Waals surface area contributed by atoms with Crippen LogP contribution in [0, 0.1) is 0 Å². The van der Waals surface area contributed by atoms with E-state index in [1.807, 2.05) is 32.9 Å². The van der Waals surface area contributed by atoms with E-state index in [2.05, 4.69) is 25.4 Å². The van der Waals surface area contributed by atoms with Crippen LogP contribution in [0.25, 0.3) is 0 Å². The topological polar surface area (TPSA) is 90.9 Å². The van der Waals surface area contributed by atoms with Crippen molar-refractivity contribution < 1.29 is 22.5 Å². The van der Waals surface area contributed by atoms with Gasteiger partial charge in [-0.3, -0.25) is 9.08 Å². The van der Waals surface area contributed by atoms with Crippen molar-refractivity contribution in [3.8, 4) is 0 Å². The van der Waals surface area contributed by atoms with E-state index in [4.69, 9.17) is 4.74 Å². The Labute approximate surface area is 145 Å². The summed E-state index contributed by atoms with van der Waals surface area (Å²) in [5, 5.41) is 2.85. The van der Waals surface area contributed by atoms with Gasteiger partial charge >= 0.3 is 6.09 Å². The Morgan fingerprint density at radius 1 is 1.43 bits per heavy atom. The molecule has 1 aromatic rings. The summed E-state index contributed by atoms with van der Waals surface area (Å²) < 4.78 is 31.3. The average Bonchev–Trinajstić information content (AvgIpc) is 2.81. The molecular weight excluding hydrogens is 388 g/mol. The molecule has 0 aliphatic carbocycles. The van der Waals surface area contributed by atoms with Gasteiger partial charge in [-0.25, -0.2) is 9.00 Å². The Morgan fingerprint density at radius 2 is 2.13 bits per heavy atom. The third kappa shape index (κ3) is 5.17. The molecule has 0 saturated carbocycles. The minimum Gasteiger partial charge on any atom is -0.750 e. The van der Waals surface area contributed by atoms with Crippen LogP contribution in [-0.4, -0.2) is 32.1 Å². The maximum Gasteiger partial charge on any atom is 0.410 e. The standard InChI is InChI=1S/C14H19BrN2O5S/c1-14(2,3)22-13(18)17-6-9-4-10(16-8-21-23(19)20)5-12(15)11(9)7-17/h4-5,16H,6-8H2,1-3H3,(H,19,20)/p-1. The lowest BCUT2D eigenvalue weighted by atomic mass is 10.1. The maximum atomic E-state index is 12.2. The monoisotopic (exact) mass is 405 g/mol. The van der Waals surface area contributed by atoms with Crippen LogP contribution in [0.1, 0.15) is 31.9 Å². The number of hydrogen-bond donors (Lipinski definition) is 1. The highest BCUT2D eigenvalue weighted by molar-refractivity contribution is 9.10. The molecule has 1 atom stereocenters. The van der Waals surface area contributed by atoms with Crippen LogP contribution in [0.3, 0.4) is 0 Å². The summed E-state index contributed by atoms with van der Waals surface area (Å²) in [6, 6.07) is 3.68. The Kier molecular flexibility index (Phi) is 5.66. The molecule has 1 aliphatic heterocycles. The van der Waals surface area contributed by atoms with Crippen LogP contribution in [-0.2, 0) is 33.4 Å². The van der Waals surface area contributed by atoms with Crippen molar-refractivity contribution in [1.82, 2.24) is 4.90 Å². The van der Waals surface area contributed by atoms with E-state index in [9.17, 15) is 13.6 Å². The zero-order chi connectivity index (χ0) is 17.2. The van der Waals surface area contributed by atoms with Gasteiger partial charge in [-0.2, -0.15) is 0 Å². The maximum absolute atomic E-state index is 12.2. The van der Waals surface area contributed by atoms with Crippen molar-refractivity contribution in [3.05, 3.63) is 27.7 Å². The van der Waals surface area contributed by atoms with Crippen LogP contribution < -0.4 is 5.32 Å². The number of hydrogen-bond acceptors (Lipinski definition) is 6. The normalized spacial score (nSPS) is 15.3. The van der Waals surface area contributed by atoms with Gasteiger partial charge in [0.2, 0.25) is 0 Å². The van der Waals surface area contributed by atoms with Crippen molar-refractivity contribution in [2.45, 2.75) is 39.5 Å². The highest BCUT2D eigenvalue weighted by Crippen LogP contribution is 2.33. The number of benzene rings is 1. The third-order valence-corrected chi connectivity index (χ3v) is 4.10. The SMILES string of the molecule is CC(C)(C)OC(=O)N1Cc2cc(NCOS(=O)[O-])cc(Br)c2C1. The highest BCUT2D eigenvalue weighted by atomic mass is 79.9. The van der Waals surface area contributed by atoms with Gasteiger partial charge < -0.3 is 14.6 Å². The van der Waals surface area contributed by atoms with Gasteiger partial charge in [0.05, 0.1) is 17.9 Å². The predicted octanol–water partition coefficient (Wildman–Crippen LogP) is 2.88. The molecule has 1 aliphatic rings. The van der Waals surface area contributed by atoms with Gasteiger partial charge in [0.1, 0.15) is 12.3 Å². The Balaban J connectivity index is 2.06. The molecule has 1 unspecified atom stereocenters. The van der Waals surface area contributed by atoms with Crippen LogP contribution in [0.2, 0.25) is 0 Å². The first-order chi connectivity index (χ1) is 10.7. The Morgan fingerprint density at radius 3 is 2.74 bits per heavy atom. The number of carbonyl (C=O) groups excluding carboxylic acids is 1. The molecule has 0 spiro atoms. The third-order valence-electron chi connectivity index (χ3n) is 3.08. The zero-order valence-electron chi connectivity index (χ0n) is 13.1. The number of rotatable bonds is 4. The van der Waals surface area contributed by atoms with Crippen LogP contribution >= 0.6 is 15.9 Å². The number of nitrogens with one attached hydrogen (secondary N) is 1. The molecular formula is C14H18BrN2O5S-. The van der Waals surface area contributed by atoms with E-state index in [-0.39, 0.29) is 12.8 Å². The minimum atomic E-state index is -2.56. The van der Waals surface area contributed by atoms with Crippen molar-refractivity contribution in [3.63, 3.8) is 0 Å². The van der Waals surface area contributed by atoms with Gasteiger partial charge in [-0.15, -0.1) is 0 Å². The molecule has 128 valence electrons. The molecule has 7 nitrogen and oxygen atoms in total. The van der Waals surface area contributed by atoms with E-state index in [0.717, 1.165) is 15.6 Å². The van der Waals surface area contributed by atoms with E-state index in [1.165, 1.54) is 0 Å². The van der Waals surface area contributed by atoms with Gasteiger partial charge in [0.25, 0.3) is 0 Å². The summed E-state index contributed by atoms with van der Waals surface area (Å²) in [4.78, 5) is 13.8. The molecule has 0 saturated heterocycles. The highest BCUT2D eigenvalue weighted by Gasteiger charge is 2.29. The second-order valence-corrected chi connectivity index (χ2v) is 7.57. The molecule has 1 amide bonds. The predicted molar refractivity (Wildman–Crippen MR) is 88.1 cm³/mol. The molecule has 1 N–H and O–H groups in total. The molecule has 23 heavy (non-hydrogen) atoms. The second-order valence-electron chi connectivity index (χ2n) is 6.08. The quantitative estimate of drug-likeness (QED) is 0.611. The second kappa shape index (κ2) is 7.16. The molecule has 2 rings (SSSR count). The van der Waals surface area contributed by atoms with Gasteiger partial charge in [-0.1, -0.05) is 15.9 Å². The summed E-state index contributed by atoms with van der Waals surface area (Å²) in [6.07, 6.45) is -0.361. The van der Waals surface area contributed by atoms with Crippen LogP contribution in [0.5, 0.6) is 0 Å². The smallest absolute Gasteiger partial charge is 0.410 e. The van der Waals surface area contributed by atoms with Crippen molar-refractivity contribution >= 4 is 39.1 Å². The van der Waals surface area contributed by atoms with Gasteiger partial charge in [0, 0.05) is 16.7 Å². The fourth-order valence-electron chi connectivity index (χ4n) is 2.18. The zero-order valence-corrected chi connectivity index (χ0v) is 15.5. The fourth-order valence-corrected chi connectivity index (χ4v) is 2.96. The van der Waals surface area contributed by atoms with Crippen molar-refractivity contribution in [2.75, 3.05) is 12.0 Å². The average molecular weight is 406 g/mol. The van der Waals surface area contributed by atoms with E-state index in [1.54, 1.807) is 4.90 Å². The molecule has 9 heteroatoms. The lowest BCUT2D eigenvalue weighted by molar-refractivity contribution is 0.0241. The van der Waals surface area contributed by atoms with E-state index >= 15 is 0 Å². The summed E-state index contributed by atoms with van der Waals surface area (Å²) in [5.41, 5.74) is 2.14. The molecule has 1 aromatic carbocycles. The molecule has 0 fully saturated rings. The van der Waals surface area contributed by atoms with Crippen LogP contribution in [0.4, 0.5) is 10.5 Å². The first-order valence-electron chi connectivity index (χ1n) is 6.91. The molecule has 0 radical (unpaired) electrons. The Bertz CT molecular complexity index is 632. The summed E-state index contributed by atoms with van der Waals surface area (Å²) in [7, 11) is 0. The number of halogens is 1. The van der Waals surface area contributed by atoms with Crippen molar-refractivity contribution in [2.24, 2.45) is 0 Å². The molecule has 1 heterocycles. The van der Waals surface area contributed by atoms with Gasteiger partial charge in [0.15, 0.2) is 0 Å². The Hall–Kier alpha value is -1.16. The largest absolute Gasteiger partial charge is 0.750 e. The number of amides is 1. The van der Waals surface area contributed by atoms with Gasteiger partial charge in [-0.05, 0) is 44.0 Å². The molecule has 0 bridgehead atoms. The van der Waals surface area contributed by atoms with E-state index in [0.29, 0.717) is 18.8 Å². The number of fused-ring (bicyclic) bond motifs is 1. The molecule has 0 aromatic heterocycles. The first-order valence-corrected chi connectivity index (χ1v) is 8.70. The fraction of sp³-hybridized carbons (Fsp3) is 0.500. The van der Waals surface area contributed by atoms with E-state index < -0.39 is 17.0 Å². The summed E-state index contributed by atoms with van der Waals surface area (Å²) >= 11 is 0.917. The van der Waals surface area contributed by atoms with Crippen LogP contribution in [0.15, 0.2) is 16.6 Å². The summed E-state index contributed by atoms with van der Waals surface area (Å²) in [6.45, 7) is 6.22. The number of carbonyl (C=O) groups is 1. The lowest BCUT2D eigenvalue weighted by Crippen LogP contribution is -2.33. The lowest BCUT2D eigenvalue weighted by Gasteiger charge is -2.24. The summed E-state index contributed by atoms with van der Waals surface area (Å²) in [5.74, 6) is 0. The number of nitrogens with zero attached hydrogens (tertiary/aromatic N) is 1.